The first-order valence-corrected chi connectivity index (χ1v) is 3.71. The number of hydrogen-bond donors (Lipinski definition) is 1. The van der Waals surface area contributed by atoms with Gasteiger partial charge in [-0.2, -0.15) is 0 Å². The lowest BCUT2D eigenvalue weighted by Gasteiger charge is -1.86. The van der Waals surface area contributed by atoms with Crippen LogP contribution in [0.5, 0.6) is 0 Å². The van der Waals surface area contributed by atoms with Crippen LogP contribution in [0.1, 0.15) is 14.7 Å². The van der Waals surface area contributed by atoms with Crippen molar-refractivity contribution in [3.8, 4) is 0 Å². The maximum atomic E-state index is 10.9. The highest BCUT2D eigenvalue weighted by Crippen LogP contribution is 2.10. The molecule has 0 saturated carbocycles. The summed E-state index contributed by atoms with van der Waals surface area (Å²) in [6.07, 6.45) is 1.56. The predicted octanol–water partition coefficient (Wildman–Crippen LogP) is 0.593. The van der Waals surface area contributed by atoms with Crippen molar-refractivity contribution >= 4 is 17.1 Å². The van der Waals surface area contributed by atoms with E-state index in [-0.39, 0.29) is 12.3 Å². The summed E-state index contributed by atoms with van der Waals surface area (Å²) in [4.78, 5) is 15.5. The van der Waals surface area contributed by atoms with E-state index in [1.165, 1.54) is 11.3 Å². The highest BCUT2D eigenvalue weighted by molar-refractivity contribution is 7.13. The molecule has 4 heteroatoms. The van der Waals surface area contributed by atoms with Crippen molar-refractivity contribution < 1.29 is 4.79 Å². The molecule has 0 aromatic carbocycles. The lowest BCUT2D eigenvalue weighted by molar-refractivity contribution is 0.100. The fourth-order valence-electron chi connectivity index (χ4n) is 0.591. The number of nitrogens with two attached hydrogens (primary N) is 1. The van der Waals surface area contributed by atoms with Crippen molar-refractivity contribution in [2.75, 3.05) is 6.54 Å². The van der Waals surface area contributed by atoms with Crippen LogP contribution in [0.2, 0.25) is 0 Å². The summed E-state index contributed by atoms with van der Waals surface area (Å²) in [5.74, 6) is -0.0365. The summed E-state index contributed by atoms with van der Waals surface area (Å²) in [5, 5.41) is 0.900. The first-order valence-electron chi connectivity index (χ1n) is 2.89. The zero-order chi connectivity index (χ0) is 7.56. The molecule has 0 aliphatic carbocycles. The van der Waals surface area contributed by atoms with Crippen LogP contribution in [0, 0.1) is 6.92 Å². The average Bonchev–Trinajstić information content (AvgIpc) is 2.34. The number of aryl methyl sites for hydroxylation is 1. The summed E-state index contributed by atoms with van der Waals surface area (Å²) >= 11 is 1.38. The molecule has 1 aromatic rings. The molecule has 54 valence electrons. The Hall–Kier alpha value is -0.740. The molecule has 0 atom stereocenters. The molecule has 0 aliphatic rings. The predicted molar refractivity (Wildman–Crippen MR) is 40.2 cm³/mol. The lowest BCUT2D eigenvalue weighted by Crippen LogP contribution is -2.11. The summed E-state index contributed by atoms with van der Waals surface area (Å²) < 4.78 is 0. The fourth-order valence-corrected chi connectivity index (χ4v) is 1.32. The van der Waals surface area contributed by atoms with Crippen LogP contribution < -0.4 is 5.73 Å². The molecular weight excluding hydrogens is 148 g/mol. The van der Waals surface area contributed by atoms with Crippen LogP contribution >= 0.6 is 11.3 Å². The largest absolute Gasteiger partial charge is 0.324 e. The number of ketones is 1. The minimum atomic E-state index is -0.0365. The molecular formula is C6H8N2OS. The van der Waals surface area contributed by atoms with Gasteiger partial charge in [0.05, 0.1) is 16.4 Å². The molecule has 1 heterocycles. The van der Waals surface area contributed by atoms with Gasteiger partial charge in [0.15, 0.2) is 5.78 Å². The maximum Gasteiger partial charge on any atom is 0.187 e. The van der Waals surface area contributed by atoms with Gasteiger partial charge >= 0.3 is 0 Å². The zero-order valence-corrected chi connectivity index (χ0v) is 6.44. The number of carbonyl (C=O) groups is 1. The number of rotatable bonds is 2. The molecule has 0 amide bonds. The van der Waals surface area contributed by atoms with Crippen LogP contribution in [0.15, 0.2) is 6.20 Å². The number of Topliss-reactive ketones (excluding diaryl/α,β-unsaturated/α-hetero) is 1. The standard InChI is InChI=1S/C6H8N2OS/c1-4-8-3-6(10-4)5(9)2-7/h3H,2,7H2,1H3. The summed E-state index contributed by atoms with van der Waals surface area (Å²) in [5.41, 5.74) is 5.14. The van der Waals surface area contributed by atoms with E-state index < -0.39 is 0 Å². The van der Waals surface area contributed by atoms with Gasteiger partial charge in [0.1, 0.15) is 0 Å². The second kappa shape index (κ2) is 2.90. The Kier molecular flexibility index (Phi) is 2.13. The van der Waals surface area contributed by atoms with Crippen LogP contribution in [0.3, 0.4) is 0 Å². The monoisotopic (exact) mass is 156 g/mol. The van der Waals surface area contributed by atoms with Gasteiger partial charge < -0.3 is 5.73 Å². The van der Waals surface area contributed by atoms with E-state index in [0.717, 1.165) is 5.01 Å². The van der Waals surface area contributed by atoms with E-state index in [1.54, 1.807) is 6.20 Å². The van der Waals surface area contributed by atoms with Crippen molar-refractivity contribution in [3.05, 3.63) is 16.1 Å². The Balaban J connectivity index is 2.85. The number of carbonyl (C=O) groups excluding carboxylic acids is 1. The molecule has 0 aliphatic heterocycles. The van der Waals surface area contributed by atoms with E-state index in [2.05, 4.69) is 4.98 Å². The van der Waals surface area contributed by atoms with Crippen LogP contribution in [-0.4, -0.2) is 17.3 Å². The number of aromatic nitrogens is 1. The van der Waals surface area contributed by atoms with Crippen molar-refractivity contribution in [1.29, 1.82) is 0 Å². The topological polar surface area (TPSA) is 56.0 Å². The van der Waals surface area contributed by atoms with Gasteiger partial charge in [0.25, 0.3) is 0 Å². The summed E-state index contributed by atoms with van der Waals surface area (Å²) in [6.45, 7) is 1.93. The maximum absolute atomic E-state index is 10.9. The third-order valence-corrected chi connectivity index (χ3v) is 2.04. The second-order valence-electron chi connectivity index (χ2n) is 1.87. The third-order valence-electron chi connectivity index (χ3n) is 1.08. The first kappa shape index (κ1) is 7.37. The minimum Gasteiger partial charge on any atom is -0.324 e. The van der Waals surface area contributed by atoms with E-state index in [1.807, 2.05) is 6.92 Å². The van der Waals surface area contributed by atoms with Gasteiger partial charge in [-0.05, 0) is 6.92 Å². The van der Waals surface area contributed by atoms with Gasteiger partial charge in [-0.25, -0.2) is 4.98 Å². The van der Waals surface area contributed by atoms with Crippen molar-refractivity contribution in [2.24, 2.45) is 5.73 Å². The van der Waals surface area contributed by atoms with Gasteiger partial charge in [-0.15, -0.1) is 11.3 Å². The molecule has 0 fully saturated rings. The third kappa shape index (κ3) is 1.40. The Labute approximate surface area is 62.9 Å². The summed E-state index contributed by atoms with van der Waals surface area (Å²) in [6, 6.07) is 0. The van der Waals surface area contributed by atoms with E-state index in [0.29, 0.717) is 4.88 Å². The average molecular weight is 156 g/mol. The summed E-state index contributed by atoms with van der Waals surface area (Å²) in [7, 11) is 0. The highest BCUT2D eigenvalue weighted by Gasteiger charge is 2.05. The fraction of sp³-hybridized carbons (Fsp3) is 0.333. The molecule has 10 heavy (non-hydrogen) atoms. The molecule has 1 aromatic heterocycles. The molecule has 0 radical (unpaired) electrons. The quantitative estimate of drug-likeness (QED) is 0.638. The molecule has 0 spiro atoms. The normalized spacial score (nSPS) is 9.80. The second-order valence-corrected chi connectivity index (χ2v) is 3.11. The van der Waals surface area contributed by atoms with Gasteiger partial charge in [-0.1, -0.05) is 0 Å². The van der Waals surface area contributed by atoms with Crippen LogP contribution in [-0.2, 0) is 0 Å². The molecule has 1 rings (SSSR count). The molecule has 0 saturated heterocycles. The Morgan fingerprint density at radius 3 is 3.00 bits per heavy atom. The SMILES string of the molecule is Cc1ncc(C(=O)CN)s1. The van der Waals surface area contributed by atoms with E-state index in [9.17, 15) is 4.79 Å². The number of hydrogen-bond acceptors (Lipinski definition) is 4. The molecule has 2 N–H and O–H groups in total. The Morgan fingerprint density at radius 1 is 1.90 bits per heavy atom. The first-order chi connectivity index (χ1) is 4.74. The minimum absolute atomic E-state index is 0.0365. The van der Waals surface area contributed by atoms with Gasteiger partial charge in [0.2, 0.25) is 0 Å². The van der Waals surface area contributed by atoms with Gasteiger partial charge in [0, 0.05) is 6.20 Å². The zero-order valence-electron chi connectivity index (χ0n) is 5.63. The highest BCUT2D eigenvalue weighted by atomic mass is 32.1. The van der Waals surface area contributed by atoms with Crippen LogP contribution in [0.4, 0.5) is 0 Å². The molecule has 0 bridgehead atoms. The van der Waals surface area contributed by atoms with E-state index in [4.69, 9.17) is 5.73 Å². The van der Waals surface area contributed by atoms with Crippen molar-refractivity contribution in [2.45, 2.75) is 6.92 Å². The van der Waals surface area contributed by atoms with Crippen LogP contribution in [0.25, 0.3) is 0 Å². The number of thiazole rings is 1. The Morgan fingerprint density at radius 2 is 2.60 bits per heavy atom. The number of nitrogens with zero attached hydrogens (tertiary/aromatic N) is 1. The van der Waals surface area contributed by atoms with Crippen molar-refractivity contribution in [3.63, 3.8) is 0 Å². The van der Waals surface area contributed by atoms with E-state index >= 15 is 0 Å². The lowest BCUT2D eigenvalue weighted by atomic mass is 10.4. The van der Waals surface area contributed by atoms with Gasteiger partial charge in [-0.3, -0.25) is 4.79 Å². The molecule has 3 nitrogen and oxygen atoms in total. The Bertz CT molecular complexity index is 244. The smallest absolute Gasteiger partial charge is 0.187 e. The molecule has 0 unspecified atom stereocenters. The van der Waals surface area contributed by atoms with Crippen molar-refractivity contribution in [1.82, 2.24) is 4.98 Å².